The Balaban J connectivity index is 1.43. The Morgan fingerprint density at radius 1 is 1.21 bits per heavy atom. The summed E-state index contributed by atoms with van der Waals surface area (Å²) < 4.78 is 10.8. The number of carbonyl (C=O) groups excluding carboxylic acids is 1. The minimum Gasteiger partial charge on any atom is -0.454 e. The number of primary amides is 1. The summed E-state index contributed by atoms with van der Waals surface area (Å²) >= 11 is 0. The van der Waals surface area contributed by atoms with Gasteiger partial charge < -0.3 is 25.6 Å². The molecule has 7 nitrogen and oxygen atoms in total. The van der Waals surface area contributed by atoms with Crippen molar-refractivity contribution in [2.45, 2.75) is 38.5 Å². The number of nitrogens with one attached hydrogen (secondary N) is 1. The monoisotopic (exact) mass is 397 g/mol. The van der Waals surface area contributed by atoms with Crippen LogP contribution in [0.4, 0.5) is 5.69 Å². The summed E-state index contributed by atoms with van der Waals surface area (Å²) in [4.78, 5) is 14.4. The average molecular weight is 397 g/mol. The van der Waals surface area contributed by atoms with E-state index in [0.29, 0.717) is 11.5 Å². The van der Waals surface area contributed by atoms with Gasteiger partial charge in [0.15, 0.2) is 11.5 Å². The zero-order chi connectivity index (χ0) is 20.4. The molecule has 4 rings (SSSR count). The number of piperidine rings is 1. The lowest BCUT2D eigenvalue weighted by atomic mass is 9.98. The number of aryl methyl sites for hydroxylation is 1. The van der Waals surface area contributed by atoms with Gasteiger partial charge in [0.05, 0.1) is 6.61 Å². The highest BCUT2D eigenvalue weighted by molar-refractivity contribution is 5.81. The second-order valence-corrected chi connectivity index (χ2v) is 7.69. The van der Waals surface area contributed by atoms with Crippen LogP contribution in [-0.2, 0) is 11.4 Å². The van der Waals surface area contributed by atoms with E-state index in [-0.39, 0.29) is 25.3 Å². The average Bonchev–Trinajstić information content (AvgIpc) is 3.18. The number of hydrogen-bond donors (Lipinski definition) is 3. The van der Waals surface area contributed by atoms with Crippen LogP contribution in [0.2, 0.25) is 0 Å². The first-order valence-corrected chi connectivity index (χ1v) is 9.95. The van der Waals surface area contributed by atoms with E-state index in [1.807, 2.05) is 43.3 Å². The molecular formula is C22H27N3O4. The van der Waals surface area contributed by atoms with E-state index < -0.39 is 6.04 Å². The fraction of sp³-hybridized carbons (Fsp3) is 0.409. The van der Waals surface area contributed by atoms with E-state index in [0.717, 1.165) is 48.3 Å². The topological polar surface area (TPSA) is 97.1 Å². The number of aliphatic hydroxyl groups is 1. The number of nitrogens with two attached hydrogens (primary N) is 1. The summed E-state index contributed by atoms with van der Waals surface area (Å²) in [6, 6.07) is 11.4. The van der Waals surface area contributed by atoms with Gasteiger partial charge in [-0.25, -0.2) is 0 Å². The first-order chi connectivity index (χ1) is 14.0. The van der Waals surface area contributed by atoms with Gasteiger partial charge in [0.25, 0.3) is 0 Å². The molecule has 0 bridgehead atoms. The first kappa shape index (κ1) is 19.5. The van der Waals surface area contributed by atoms with Gasteiger partial charge in [0, 0.05) is 30.4 Å². The molecule has 1 unspecified atom stereocenters. The molecule has 1 saturated heterocycles. The fourth-order valence-corrected chi connectivity index (χ4v) is 4.15. The van der Waals surface area contributed by atoms with Crippen molar-refractivity contribution in [3.63, 3.8) is 0 Å². The van der Waals surface area contributed by atoms with Crippen LogP contribution >= 0.6 is 0 Å². The third-order valence-electron chi connectivity index (χ3n) is 5.67. The second kappa shape index (κ2) is 8.31. The molecule has 154 valence electrons. The Kier molecular flexibility index (Phi) is 5.60. The minimum atomic E-state index is -0.488. The van der Waals surface area contributed by atoms with Crippen LogP contribution in [0.1, 0.15) is 35.6 Å². The van der Waals surface area contributed by atoms with Gasteiger partial charge in [0.1, 0.15) is 6.04 Å². The molecule has 2 aromatic carbocycles. The van der Waals surface area contributed by atoms with Gasteiger partial charge in [0.2, 0.25) is 12.7 Å². The Bertz CT molecular complexity index is 894. The van der Waals surface area contributed by atoms with Gasteiger partial charge in [-0.3, -0.25) is 9.69 Å². The SMILES string of the molecule is Cc1ccc(NC2CCN(C(C(N)=O)c3ccc4c(c3)OCO4)CC2)c(CO)c1. The van der Waals surface area contributed by atoms with Crippen molar-refractivity contribution in [1.29, 1.82) is 0 Å². The van der Waals surface area contributed by atoms with E-state index in [1.165, 1.54) is 0 Å². The van der Waals surface area contributed by atoms with Crippen LogP contribution in [0.25, 0.3) is 0 Å². The van der Waals surface area contributed by atoms with Crippen LogP contribution in [0.3, 0.4) is 0 Å². The predicted molar refractivity (Wildman–Crippen MR) is 110 cm³/mol. The van der Waals surface area contributed by atoms with Crippen molar-refractivity contribution >= 4 is 11.6 Å². The lowest BCUT2D eigenvalue weighted by molar-refractivity contribution is -0.123. The molecule has 2 heterocycles. The molecular weight excluding hydrogens is 370 g/mol. The number of amides is 1. The van der Waals surface area contributed by atoms with Gasteiger partial charge in [-0.2, -0.15) is 0 Å². The molecule has 1 fully saturated rings. The van der Waals surface area contributed by atoms with Gasteiger partial charge in [-0.1, -0.05) is 23.8 Å². The van der Waals surface area contributed by atoms with Crippen molar-refractivity contribution in [2.24, 2.45) is 5.73 Å². The van der Waals surface area contributed by atoms with Crippen LogP contribution in [-0.4, -0.2) is 41.8 Å². The number of rotatable bonds is 6. The molecule has 1 amide bonds. The molecule has 29 heavy (non-hydrogen) atoms. The molecule has 0 radical (unpaired) electrons. The third-order valence-corrected chi connectivity index (χ3v) is 5.67. The lowest BCUT2D eigenvalue weighted by Gasteiger charge is -2.37. The van der Waals surface area contributed by atoms with Crippen molar-refractivity contribution in [2.75, 3.05) is 25.2 Å². The standard InChI is InChI=1S/C22H27N3O4/c1-14-2-4-18(16(10-14)12-26)24-17-6-8-25(9-7-17)21(22(23)27)15-3-5-19-20(11-15)29-13-28-19/h2-5,10-11,17,21,24,26H,6-9,12-13H2,1H3,(H2,23,27). The summed E-state index contributed by atoms with van der Waals surface area (Å²) in [6.45, 7) is 3.73. The van der Waals surface area contributed by atoms with E-state index in [2.05, 4.69) is 10.2 Å². The highest BCUT2D eigenvalue weighted by Crippen LogP contribution is 2.36. The molecule has 0 aliphatic carbocycles. The molecule has 1 atom stereocenters. The maximum atomic E-state index is 12.3. The van der Waals surface area contributed by atoms with E-state index in [4.69, 9.17) is 15.2 Å². The van der Waals surface area contributed by atoms with Crippen molar-refractivity contribution in [1.82, 2.24) is 4.90 Å². The van der Waals surface area contributed by atoms with Gasteiger partial charge in [-0.15, -0.1) is 0 Å². The Morgan fingerprint density at radius 3 is 2.69 bits per heavy atom. The van der Waals surface area contributed by atoms with Crippen molar-refractivity contribution < 1.29 is 19.4 Å². The van der Waals surface area contributed by atoms with Gasteiger partial charge >= 0.3 is 0 Å². The molecule has 0 saturated carbocycles. The highest BCUT2D eigenvalue weighted by Gasteiger charge is 2.31. The van der Waals surface area contributed by atoms with Crippen LogP contribution in [0, 0.1) is 6.92 Å². The molecule has 2 aromatic rings. The van der Waals surface area contributed by atoms with E-state index >= 15 is 0 Å². The van der Waals surface area contributed by atoms with Crippen molar-refractivity contribution in [3.8, 4) is 11.5 Å². The molecule has 0 spiro atoms. The first-order valence-electron chi connectivity index (χ1n) is 9.95. The maximum absolute atomic E-state index is 12.3. The molecule has 4 N–H and O–H groups in total. The zero-order valence-electron chi connectivity index (χ0n) is 16.6. The smallest absolute Gasteiger partial charge is 0.239 e. The summed E-state index contributed by atoms with van der Waals surface area (Å²) in [6.07, 6.45) is 1.76. The van der Waals surface area contributed by atoms with Crippen LogP contribution in [0.15, 0.2) is 36.4 Å². The minimum absolute atomic E-state index is 0.0106. The quantitative estimate of drug-likeness (QED) is 0.692. The number of likely N-dealkylation sites (tertiary alicyclic amines) is 1. The second-order valence-electron chi connectivity index (χ2n) is 7.69. The van der Waals surface area contributed by atoms with Crippen LogP contribution in [0.5, 0.6) is 11.5 Å². The molecule has 7 heteroatoms. The number of nitrogens with zero attached hydrogens (tertiary/aromatic N) is 1. The van der Waals surface area contributed by atoms with E-state index in [1.54, 1.807) is 0 Å². The maximum Gasteiger partial charge on any atom is 0.239 e. The number of aliphatic hydroxyl groups excluding tert-OH is 1. The summed E-state index contributed by atoms with van der Waals surface area (Å²) in [5, 5.41) is 13.2. The number of hydrogen-bond acceptors (Lipinski definition) is 6. The van der Waals surface area contributed by atoms with Crippen LogP contribution < -0.4 is 20.5 Å². The number of carbonyl (C=O) groups is 1. The third kappa shape index (κ3) is 4.16. The number of fused-ring (bicyclic) bond motifs is 1. The fourth-order valence-electron chi connectivity index (χ4n) is 4.15. The summed E-state index contributed by atoms with van der Waals surface area (Å²) in [5.74, 6) is 0.982. The zero-order valence-corrected chi connectivity index (χ0v) is 16.6. The summed E-state index contributed by atoms with van der Waals surface area (Å²) in [5.41, 5.74) is 9.59. The Labute approximate surface area is 170 Å². The summed E-state index contributed by atoms with van der Waals surface area (Å²) in [7, 11) is 0. The number of ether oxygens (including phenoxy) is 2. The molecule has 0 aromatic heterocycles. The Hall–Kier alpha value is -2.77. The lowest BCUT2D eigenvalue weighted by Crippen LogP contribution is -2.45. The number of anilines is 1. The Morgan fingerprint density at radius 2 is 1.97 bits per heavy atom. The van der Waals surface area contributed by atoms with Gasteiger partial charge in [-0.05, 0) is 43.5 Å². The normalized spacial score (nSPS) is 17.9. The van der Waals surface area contributed by atoms with E-state index in [9.17, 15) is 9.90 Å². The highest BCUT2D eigenvalue weighted by atomic mass is 16.7. The largest absolute Gasteiger partial charge is 0.454 e. The molecule has 2 aliphatic rings. The number of benzene rings is 2. The molecule has 2 aliphatic heterocycles. The predicted octanol–water partition coefficient (Wildman–Crippen LogP) is 2.32. The van der Waals surface area contributed by atoms with Crippen molar-refractivity contribution in [3.05, 3.63) is 53.1 Å².